The number of rotatable bonds is 6. The molecule has 0 heterocycles. The van der Waals surface area contributed by atoms with Gasteiger partial charge in [-0.25, -0.2) is 0 Å². The molecule has 0 saturated carbocycles. The molecule has 96 valence electrons. The lowest BCUT2D eigenvalue weighted by atomic mass is 10.2. The molecule has 18 heavy (non-hydrogen) atoms. The summed E-state index contributed by atoms with van der Waals surface area (Å²) in [6, 6.07) is 2.52. The summed E-state index contributed by atoms with van der Waals surface area (Å²) in [5, 5.41) is 10.9. The highest BCUT2D eigenvalue weighted by molar-refractivity contribution is 5.79. The number of hydrogen-bond donors (Lipinski definition) is 0. The molecular weight excluding hydrogens is 238 g/mol. The minimum atomic E-state index is -0.622. The molecular formula is C12H13NO5. The van der Waals surface area contributed by atoms with E-state index in [1.54, 1.807) is 6.92 Å². The van der Waals surface area contributed by atoms with Crippen LogP contribution in [0.25, 0.3) is 0 Å². The average Bonchev–Trinajstić information content (AvgIpc) is 2.34. The highest BCUT2D eigenvalue weighted by Gasteiger charge is 2.22. The lowest BCUT2D eigenvalue weighted by molar-refractivity contribution is -0.385. The Morgan fingerprint density at radius 3 is 2.67 bits per heavy atom. The second kappa shape index (κ2) is 5.81. The number of methoxy groups -OCH3 is 1. The Morgan fingerprint density at radius 1 is 1.56 bits per heavy atom. The first-order chi connectivity index (χ1) is 8.49. The van der Waals surface area contributed by atoms with Crippen LogP contribution < -0.4 is 9.47 Å². The second-order valence-electron chi connectivity index (χ2n) is 3.69. The molecule has 0 N–H and O–H groups in total. The SMILES string of the molecule is C=C(C)COc1c(OC)cc(C=O)cc1[N+](=O)[O-]. The molecule has 1 aromatic rings. The van der Waals surface area contributed by atoms with Gasteiger partial charge in [0.25, 0.3) is 0 Å². The van der Waals surface area contributed by atoms with E-state index in [-0.39, 0.29) is 29.4 Å². The van der Waals surface area contributed by atoms with Gasteiger partial charge in [0.1, 0.15) is 12.9 Å². The second-order valence-corrected chi connectivity index (χ2v) is 3.69. The van der Waals surface area contributed by atoms with E-state index in [1.165, 1.54) is 13.2 Å². The molecule has 6 nitrogen and oxygen atoms in total. The fraction of sp³-hybridized carbons (Fsp3) is 0.250. The van der Waals surface area contributed by atoms with E-state index in [1.807, 2.05) is 0 Å². The monoisotopic (exact) mass is 251 g/mol. The molecule has 1 rings (SSSR count). The van der Waals surface area contributed by atoms with Crippen LogP contribution in [-0.4, -0.2) is 24.9 Å². The zero-order chi connectivity index (χ0) is 13.7. The van der Waals surface area contributed by atoms with Gasteiger partial charge in [-0.2, -0.15) is 0 Å². The summed E-state index contributed by atoms with van der Waals surface area (Å²) in [6.45, 7) is 5.51. The number of hydrogen-bond acceptors (Lipinski definition) is 5. The van der Waals surface area contributed by atoms with Gasteiger partial charge < -0.3 is 9.47 Å². The van der Waals surface area contributed by atoms with Gasteiger partial charge in [-0.1, -0.05) is 6.58 Å². The molecule has 0 spiro atoms. The van der Waals surface area contributed by atoms with Gasteiger partial charge in [-0.05, 0) is 18.6 Å². The predicted octanol–water partition coefficient (Wildman–Crippen LogP) is 2.37. The number of nitrogens with zero attached hydrogens (tertiary/aromatic N) is 1. The van der Waals surface area contributed by atoms with Crippen molar-refractivity contribution in [3.8, 4) is 11.5 Å². The summed E-state index contributed by atoms with van der Waals surface area (Å²) in [4.78, 5) is 21.0. The predicted molar refractivity (Wildman–Crippen MR) is 65.3 cm³/mol. The van der Waals surface area contributed by atoms with Crippen LogP contribution in [0, 0.1) is 10.1 Å². The first kappa shape index (κ1) is 13.7. The molecule has 6 heteroatoms. The van der Waals surface area contributed by atoms with Gasteiger partial charge in [-0.15, -0.1) is 0 Å². The minimum absolute atomic E-state index is 0.00361. The van der Waals surface area contributed by atoms with Crippen LogP contribution in [0.4, 0.5) is 5.69 Å². The van der Waals surface area contributed by atoms with Crippen molar-refractivity contribution in [2.45, 2.75) is 6.92 Å². The Morgan fingerprint density at radius 2 is 2.22 bits per heavy atom. The first-order valence-electron chi connectivity index (χ1n) is 5.08. The number of benzene rings is 1. The molecule has 0 atom stereocenters. The van der Waals surface area contributed by atoms with Gasteiger partial charge in [-0.3, -0.25) is 14.9 Å². The zero-order valence-electron chi connectivity index (χ0n) is 10.1. The Hall–Kier alpha value is -2.37. The van der Waals surface area contributed by atoms with Crippen LogP contribution >= 0.6 is 0 Å². The van der Waals surface area contributed by atoms with Gasteiger partial charge in [0.15, 0.2) is 5.75 Å². The van der Waals surface area contributed by atoms with Gasteiger partial charge in [0, 0.05) is 11.6 Å². The standard InChI is InChI=1S/C12H13NO5/c1-8(2)7-18-12-10(13(15)16)4-9(6-14)5-11(12)17-3/h4-6H,1,7H2,2-3H3. The Kier molecular flexibility index (Phi) is 4.42. The highest BCUT2D eigenvalue weighted by atomic mass is 16.6. The zero-order valence-corrected chi connectivity index (χ0v) is 10.1. The first-order valence-corrected chi connectivity index (χ1v) is 5.08. The van der Waals surface area contributed by atoms with Crippen LogP contribution in [-0.2, 0) is 0 Å². The molecule has 0 aliphatic heterocycles. The number of aldehydes is 1. The Balaban J connectivity index is 3.29. The summed E-state index contributed by atoms with van der Waals surface area (Å²) >= 11 is 0. The van der Waals surface area contributed by atoms with Crippen LogP contribution in [0.3, 0.4) is 0 Å². The maximum atomic E-state index is 10.9. The van der Waals surface area contributed by atoms with E-state index in [0.29, 0.717) is 11.9 Å². The third-order valence-electron chi connectivity index (χ3n) is 2.07. The number of carbonyl (C=O) groups excluding carboxylic acids is 1. The van der Waals surface area contributed by atoms with E-state index >= 15 is 0 Å². The van der Waals surface area contributed by atoms with Crippen LogP contribution in [0.15, 0.2) is 24.3 Å². The third kappa shape index (κ3) is 3.07. The summed E-state index contributed by atoms with van der Waals surface area (Å²) in [5.41, 5.74) is 0.560. The molecule has 0 fully saturated rings. The topological polar surface area (TPSA) is 78.7 Å². The Labute approximate surface area is 104 Å². The van der Waals surface area contributed by atoms with Crippen LogP contribution in [0.2, 0.25) is 0 Å². The summed E-state index contributed by atoms with van der Waals surface area (Å²) in [7, 11) is 1.35. The van der Waals surface area contributed by atoms with Crippen molar-refractivity contribution in [2.24, 2.45) is 0 Å². The maximum Gasteiger partial charge on any atom is 0.315 e. The van der Waals surface area contributed by atoms with Crippen molar-refractivity contribution < 1.29 is 19.2 Å². The van der Waals surface area contributed by atoms with Crippen molar-refractivity contribution in [1.29, 1.82) is 0 Å². The molecule has 1 aromatic carbocycles. The summed E-state index contributed by atoms with van der Waals surface area (Å²) in [5.74, 6) is 0.142. The van der Waals surface area contributed by atoms with E-state index < -0.39 is 4.92 Å². The fourth-order valence-electron chi connectivity index (χ4n) is 1.30. The number of carbonyl (C=O) groups is 1. The van der Waals surface area contributed by atoms with Crippen molar-refractivity contribution in [3.63, 3.8) is 0 Å². The number of ether oxygens (including phenoxy) is 2. The van der Waals surface area contributed by atoms with Gasteiger partial charge >= 0.3 is 5.69 Å². The smallest absolute Gasteiger partial charge is 0.315 e. The van der Waals surface area contributed by atoms with E-state index in [4.69, 9.17) is 9.47 Å². The maximum absolute atomic E-state index is 10.9. The molecule has 0 amide bonds. The van der Waals surface area contributed by atoms with Crippen molar-refractivity contribution in [3.05, 3.63) is 40.0 Å². The normalized spacial score (nSPS) is 9.67. The average molecular weight is 251 g/mol. The quantitative estimate of drug-likeness (QED) is 0.335. The minimum Gasteiger partial charge on any atom is -0.493 e. The molecule has 0 aromatic heterocycles. The summed E-state index contributed by atoms with van der Waals surface area (Å²) < 4.78 is 10.3. The largest absolute Gasteiger partial charge is 0.493 e. The van der Waals surface area contributed by atoms with Gasteiger partial charge in [0.05, 0.1) is 12.0 Å². The lowest BCUT2D eigenvalue weighted by Crippen LogP contribution is -2.04. The third-order valence-corrected chi connectivity index (χ3v) is 2.07. The van der Waals surface area contributed by atoms with Gasteiger partial charge in [0.2, 0.25) is 5.75 Å². The van der Waals surface area contributed by atoms with Crippen LogP contribution in [0.5, 0.6) is 11.5 Å². The molecule has 0 unspecified atom stereocenters. The number of nitro groups is 1. The summed E-state index contributed by atoms with van der Waals surface area (Å²) in [6.07, 6.45) is 0.512. The van der Waals surface area contributed by atoms with Crippen molar-refractivity contribution >= 4 is 12.0 Å². The lowest BCUT2D eigenvalue weighted by Gasteiger charge is -2.11. The highest BCUT2D eigenvalue weighted by Crippen LogP contribution is 2.38. The van der Waals surface area contributed by atoms with Crippen molar-refractivity contribution in [1.82, 2.24) is 0 Å². The van der Waals surface area contributed by atoms with E-state index in [0.717, 1.165) is 6.07 Å². The molecule has 0 bridgehead atoms. The molecule has 0 saturated heterocycles. The molecule has 0 radical (unpaired) electrons. The van der Waals surface area contributed by atoms with E-state index in [9.17, 15) is 14.9 Å². The Bertz CT molecular complexity index is 495. The van der Waals surface area contributed by atoms with E-state index in [2.05, 4.69) is 6.58 Å². The van der Waals surface area contributed by atoms with Crippen molar-refractivity contribution in [2.75, 3.05) is 13.7 Å². The molecule has 0 aliphatic carbocycles. The number of nitro benzene ring substituents is 1. The van der Waals surface area contributed by atoms with Crippen LogP contribution in [0.1, 0.15) is 17.3 Å². The fourth-order valence-corrected chi connectivity index (χ4v) is 1.30. The molecule has 0 aliphatic rings.